The zero-order valence-corrected chi connectivity index (χ0v) is 21.6. The summed E-state index contributed by atoms with van der Waals surface area (Å²) in [5.74, 6) is 1.03. The smallest absolute Gasteiger partial charge is 0.255 e. The summed E-state index contributed by atoms with van der Waals surface area (Å²) in [6, 6.07) is 21.9. The molecule has 0 radical (unpaired) electrons. The van der Waals surface area contributed by atoms with Crippen LogP contribution in [0.2, 0.25) is 0 Å². The van der Waals surface area contributed by atoms with Crippen molar-refractivity contribution in [2.75, 3.05) is 24.9 Å². The highest BCUT2D eigenvalue weighted by atomic mass is 32.2. The first-order chi connectivity index (χ1) is 17.5. The Kier molecular flexibility index (Phi) is 8.24. The first-order valence-electron chi connectivity index (χ1n) is 11.1. The van der Waals surface area contributed by atoms with E-state index < -0.39 is 0 Å². The van der Waals surface area contributed by atoms with Gasteiger partial charge in [0.15, 0.2) is 5.13 Å². The molecule has 0 aliphatic rings. The number of thiazole rings is 1. The van der Waals surface area contributed by atoms with Crippen LogP contribution in [0, 0.1) is 0 Å². The molecular formula is C27H25N3O4S2. The average Bonchev–Trinajstić information content (AvgIpc) is 3.37. The quantitative estimate of drug-likeness (QED) is 0.256. The van der Waals surface area contributed by atoms with Gasteiger partial charge in [-0.1, -0.05) is 18.2 Å². The third kappa shape index (κ3) is 6.24. The van der Waals surface area contributed by atoms with Crippen LogP contribution in [-0.4, -0.2) is 36.3 Å². The van der Waals surface area contributed by atoms with Gasteiger partial charge < -0.3 is 20.1 Å². The molecule has 1 aromatic heterocycles. The Hall–Kier alpha value is -3.82. The number of ether oxygens (including phenoxy) is 2. The Bertz CT molecular complexity index is 1360. The molecule has 4 rings (SSSR count). The van der Waals surface area contributed by atoms with Crippen LogP contribution in [0.4, 0.5) is 10.8 Å². The number of nitrogens with zero attached hydrogens (tertiary/aromatic N) is 1. The molecule has 0 aliphatic carbocycles. The molecule has 2 N–H and O–H groups in total. The van der Waals surface area contributed by atoms with E-state index in [1.807, 2.05) is 60.8 Å². The fraction of sp³-hybridized carbons (Fsp3) is 0.148. The van der Waals surface area contributed by atoms with Crippen LogP contribution in [0.5, 0.6) is 11.5 Å². The summed E-state index contributed by atoms with van der Waals surface area (Å²) >= 11 is 2.76. The van der Waals surface area contributed by atoms with Gasteiger partial charge in [-0.3, -0.25) is 9.59 Å². The normalized spacial score (nSPS) is 11.4. The first-order valence-corrected chi connectivity index (χ1v) is 12.8. The molecule has 36 heavy (non-hydrogen) atoms. The highest BCUT2D eigenvalue weighted by molar-refractivity contribution is 8.00. The Morgan fingerprint density at radius 1 is 0.944 bits per heavy atom. The van der Waals surface area contributed by atoms with Crippen LogP contribution in [-0.2, 0) is 4.79 Å². The van der Waals surface area contributed by atoms with E-state index in [1.54, 1.807) is 38.5 Å². The maximum atomic E-state index is 12.8. The van der Waals surface area contributed by atoms with E-state index >= 15 is 0 Å². The number of benzene rings is 3. The first kappa shape index (κ1) is 25.3. The predicted molar refractivity (Wildman–Crippen MR) is 145 cm³/mol. The molecule has 184 valence electrons. The van der Waals surface area contributed by atoms with Gasteiger partial charge in [0.1, 0.15) is 11.5 Å². The summed E-state index contributed by atoms with van der Waals surface area (Å²) in [4.78, 5) is 30.8. The number of methoxy groups -OCH3 is 2. The molecule has 2 amide bonds. The summed E-state index contributed by atoms with van der Waals surface area (Å²) < 4.78 is 10.5. The molecule has 1 heterocycles. The monoisotopic (exact) mass is 519 g/mol. The Balaban J connectivity index is 1.36. The Morgan fingerprint density at radius 3 is 2.47 bits per heavy atom. The number of amides is 2. The van der Waals surface area contributed by atoms with Crippen molar-refractivity contribution in [1.82, 2.24) is 4.98 Å². The van der Waals surface area contributed by atoms with Gasteiger partial charge in [-0.05, 0) is 61.5 Å². The number of hydrogen-bond acceptors (Lipinski definition) is 7. The van der Waals surface area contributed by atoms with Crippen molar-refractivity contribution >= 4 is 45.7 Å². The number of para-hydroxylation sites is 1. The average molecular weight is 520 g/mol. The Morgan fingerprint density at radius 2 is 1.72 bits per heavy atom. The summed E-state index contributed by atoms with van der Waals surface area (Å²) in [5, 5.41) is 7.82. The minimum atomic E-state index is -0.379. The van der Waals surface area contributed by atoms with Gasteiger partial charge in [-0.2, -0.15) is 0 Å². The second-order valence-electron chi connectivity index (χ2n) is 7.70. The van der Waals surface area contributed by atoms with E-state index in [4.69, 9.17) is 9.47 Å². The van der Waals surface area contributed by atoms with Crippen molar-refractivity contribution in [2.45, 2.75) is 17.1 Å². The second-order valence-corrected chi connectivity index (χ2v) is 9.97. The molecule has 0 aliphatic heterocycles. The lowest BCUT2D eigenvalue weighted by molar-refractivity contribution is -0.115. The standard InChI is InChI=1S/C27H25N3O4S2/c1-17(25(31)30-27-29-23(16-35-27)22-9-4-5-10-24(22)34-3)36-21-8-6-7-19(15-21)28-26(32)18-11-13-20(33-2)14-12-18/h4-17H,1-3H3,(H,28,32)(H,29,30,31). The maximum absolute atomic E-state index is 12.8. The second kappa shape index (κ2) is 11.7. The molecular weight excluding hydrogens is 494 g/mol. The van der Waals surface area contributed by atoms with E-state index in [1.165, 1.54) is 23.1 Å². The number of carbonyl (C=O) groups is 2. The molecule has 1 atom stereocenters. The van der Waals surface area contributed by atoms with E-state index in [-0.39, 0.29) is 17.1 Å². The van der Waals surface area contributed by atoms with Gasteiger partial charge >= 0.3 is 0 Å². The van der Waals surface area contributed by atoms with Crippen LogP contribution in [0.3, 0.4) is 0 Å². The van der Waals surface area contributed by atoms with E-state index in [2.05, 4.69) is 15.6 Å². The van der Waals surface area contributed by atoms with Crippen LogP contribution in [0.1, 0.15) is 17.3 Å². The highest BCUT2D eigenvalue weighted by Crippen LogP contribution is 2.32. The molecule has 7 nitrogen and oxygen atoms in total. The largest absolute Gasteiger partial charge is 0.497 e. The van der Waals surface area contributed by atoms with Crippen LogP contribution in [0.25, 0.3) is 11.3 Å². The lowest BCUT2D eigenvalue weighted by Gasteiger charge is -2.12. The van der Waals surface area contributed by atoms with E-state index in [9.17, 15) is 9.59 Å². The minimum absolute atomic E-state index is 0.159. The van der Waals surface area contributed by atoms with Gasteiger partial charge in [0.05, 0.1) is 25.2 Å². The number of rotatable bonds is 9. The topological polar surface area (TPSA) is 89.5 Å². The van der Waals surface area contributed by atoms with Crippen LogP contribution in [0.15, 0.2) is 83.1 Å². The molecule has 1 unspecified atom stereocenters. The number of nitrogens with one attached hydrogen (secondary N) is 2. The molecule has 3 aromatic carbocycles. The Labute approximate surface area is 217 Å². The zero-order valence-electron chi connectivity index (χ0n) is 20.0. The molecule has 4 aromatic rings. The van der Waals surface area contributed by atoms with Crippen LogP contribution >= 0.6 is 23.1 Å². The highest BCUT2D eigenvalue weighted by Gasteiger charge is 2.18. The summed E-state index contributed by atoms with van der Waals surface area (Å²) in [6.45, 7) is 1.83. The molecule has 0 saturated heterocycles. The number of hydrogen-bond donors (Lipinski definition) is 2. The van der Waals surface area contributed by atoms with Crippen molar-refractivity contribution in [1.29, 1.82) is 0 Å². The fourth-order valence-corrected chi connectivity index (χ4v) is 5.01. The van der Waals surface area contributed by atoms with Gasteiger partial charge in [0, 0.05) is 27.1 Å². The van der Waals surface area contributed by atoms with Gasteiger partial charge in [0.2, 0.25) is 5.91 Å². The summed E-state index contributed by atoms with van der Waals surface area (Å²) in [7, 11) is 3.20. The molecule has 0 saturated carbocycles. The molecule has 0 spiro atoms. The van der Waals surface area contributed by atoms with Crippen LogP contribution < -0.4 is 20.1 Å². The van der Waals surface area contributed by atoms with E-state index in [0.29, 0.717) is 22.1 Å². The van der Waals surface area contributed by atoms with Gasteiger partial charge in [0.25, 0.3) is 5.91 Å². The number of aromatic nitrogens is 1. The lowest BCUT2D eigenvalue weighted by Crippen LogP contribution is -2.22. The molecule has 0 bridgehead atoms. The SMILES string of the molecule is COc1ccc(C(=O)Nc2cccc(SC(C)C(=O)Nc3nc(-c4ccccc4OC)cs3)c2)cc1. The number of carbonyl (C=O) groups excluding carboxylic acids is 2. The van der Waals surface area contributed by atoms with E-state index in [0.717, 1.165) is 21.9 Å². The predicted octanol–water partition coefficient (Wildman–Crippen LogP) is 6.20. The molecule has 9 heteroatoms. The fourth-order valence-electron chi connectivity index (χ4n) is 3.37. The molecule has 0 fully saturated rings. The van der Waals surface area contributed by atoms with Crippen molar-refractivity contribution in [3.63, 3.8) is 0 Å². The van der Waals surface area contributed by atoms with Crippen molar-refractivity contribution in [3.8, 4) is 22.8 Å². The summed E-state index contributed by atoms with van der Waals surface area (Å²) in [5.41, 5.74) is 2.79. The van der Waals surface area contributed by atoms with Gasteiger partial charge in [-0.15, -0.1) is 23.1 Å². The maximum Gasteiger partial charge on any atom is 0.255 e. The lowest BCUT2D eigenvalue weighted by atomic mass is 10.1. The minimum Gasteiger partial charge on any atom is -0.497 e. The van der Waals surface area contributed by atoms with Crippen molar-refractivity contribution in [3.05, 3.63) is 83.7 Å². The number of thioether (sulfide) groups is 1. The zero-order chi connectivity index (χ0) is 25.5. The van der Waals surface area contributed by atoms with Crippen molar-refractivity contribution in [2.24, 2.45) is 0 Å². The third-order valence-corrected chi connectivity index (χ3v) is 7.09. The number of anilines is 2. The third-order valence-electron chi connectivity index (χ3n) is 5.24. The van der Waals surface area contributed by atoms with Gasteiger partial charge in [-0.25, -0.2) is 4.98 Å². The van der Waals surface area contributed by atoms with Crippen molar-refractivity contribution < 1.29 is 19.1 Å². The summed E-state index contributed by atoms with van der Waals surface area (Å²) in [6.07, 6.45) is 0.